The van der Waals surface area contributed by atoms with E-state index in [1.165, 1.54) is 6.07 Å². The third-order valence-electron chi connectivity index (χ3n) is 1.98. The Bertz CT molecular complexity index is 299. The van der Waals surface area contributed by atoms with Crippen molar-refractivity contribution in [2.75, 3.05) is 6.54 Å². The van der Waals surface area contributed by atoms with E-state index in [0.717, 1.165) is 12.0 Å². The van der Waals surface area contributed by atoms with Crippen molar-refractivity contribution >= 4 is 11.6 Å². The molecule has 0 saturated carbocycles. The Hall–Kier alpha value is -0.600. The van der Waals surface area contributed by atoms with Crippen LogP contribution in [-0.2, 0) is 6.42 Å². The fourth-order valence-electron chi connectivity index (χ4n) is 1.17. The van der Waals surface area contributed by atoms with Gasteiger partial charge in [-0.1, -0.05) is 11.6 Å². The highest BCUT2D eigenvalue weighted by Gasteiger charge is 2.05. The van der Waals surface area contributed by atoms with Crippen LogP contribution in [0.4, 0.5) is 4.39 Å². The normalized spacial score (nSPS) is 10.5. The number of benzene rings is 1. The summed E-state index contributed by atoms with van der Waals surface area (Å²) in [5.74, 6) is -0.185. The maximum absolute atomic E-state index is 13.3. The molecule has 0 amide bonds. The zero-order valence-electron chi connectivity index (χ0n) is 7.61. The van der Waals surface area contributed by atoms with E-state index in [1.807, 2.05) is 0 Å². The molecule has 1 nitrogen and oxygen atoms in total. The van der Waals surface area contributed by atoms with E-state index in [1.54, 1.807) is 13.0 Å². The molecule has 0 atom stereocenters. The molecule has 0 radical (unpaired) electrons. The average molecular weight is 202 g/mol. The zero-order valence-corrected chi connectivity index (χ0v) is 8.37. The van der Waals surface area contributed by atoms with Crippen LogP contribution in [0.5, 0.6) is 0 Å². The van der Waals surface area contributed by atoms with Crippen molar-refractivity contribution in [3.05, 3.63) is 34.1 Å². The van der Waals surface area contributed by atoms with Gasteiger partial charge in [-0.15, -0.1) is 0 Å². The molecule has 3 heteroatoms. The molecule has 0 saturated heterocycles. The minimum absolute atomic E-state index is 0.185. The first-order valence-electron chi connectivity index (χ1n) is 4.29. The third kappa shape index (κ3) is 2.68. The quantitative estimate of drug-likeness (QED) is 0.800. The van der Waals surface area contributed by atoms with Crippen LogP contribution in [0.1, 0.15) is 17.5 Å². The largest absolute Gasteiger partial charge is 0.330 e. The number of aryl methyl sites for hydroxylation is 2. The van der Waals surface area contributed by atoms with Gasteiger partial charge in [0, 0.05) is 5.02 Å². The van der Waals surface area contributed by atoms with Gasteiger partial charge >= 0.3 is 0 Å². The molecule has 1 rings (SSSR count). The maximum atomic E-state index is 13.3. The van der Waals surface area contributed by atoms with E-state index in [-0.39, 0.29) is 5.82 Å². The lowest BCUT2D eigenvalue weighted by molar-refractivity contribution is 0.604. The van der Waals surface area contributed by atoms with Gasteiger partial charge in [-0.3, -0.25) is 0 Å². The van der Waals surface area contributed by atoms with Gasteiger partial charge in [0.2, 0.25) is 0 Å². The molecule has 0 aliphatic heterocycles. The number of hydrogen-bond donors (Lipinski definition) is 1. The summed E-state index contributed by atoms with van der Waals surface area (Å²) in [6, 6.07) is 3.15. The lowest BCUT2D eigenvalue weighted by Crippen LogP contribution is -2.02. The monoisotopic (exact) mass is 201 g/mol. The van der Waals surface area contributed by atoms with E-state index in [4.69, 9.17) is 17.3 Å². The summed E-state index contributed by atoms with van der Waals surface area (Å²) in [5, 5.41) is 0.619. The highest BCUT2D eigenvalue weighted by atomic mass is 35.5. The first-order chi connectivity index (χ1) is 6.15. The number of halogens is 2. The first kappa shape index (κ1) is 10.5. The Morgan fingerprint density at radius 3 is 2.77 bits per heavy atom. The fraction of sp³-hybridized carbons (Fsp3) is 0.400. The minimum atomic E-state index is -0.185. The smallest absolute Gasteiger partial charge is 0.126 e. The van der Waals surface area contributed by atoms with Crippen LogP contribution < -0.4 is 5.73 Å². The van der Waals surface area contributed by atoms with Crippen LogP contribution >= 0.6 is 11.6 Å². The number of nitrogens with two attached hydrogens (primary N) is 1. The van der Waals surface area contributed by atoms with Crippen LogP contribution in [0, 0.1) is 12.7 Å². The summed E-state index contributed by atoms with van der Waals surface area (Å²) in [6.07, 6.45) is 1.44. The summed E-state index contributed by atoms with van der Waals surface area (Å²) in [6.45, 7) is 2.36. The van der Waals surface area contributed by atoms with Gasteiger partial charge in [-0.25, -0.2) is 4.39 Å². The average Bonchev–Trinajstić information content (AvgIpc) is 2.09. The second-order valence-electron chi connectivity index (χ2n) is 3.09. The van der Waals surface area contributed by atoms with Crippen LogP contribution in [0.15, 0.2) is 12.1 Å². The molecule has 1 aromatic rings. The lowest BCUT2D eigenvalue weighted by atomic mass is 10.1. The molecule has 0 spiro atoms. The second kappa shape index (κ2) is 4.58. The van der Waals surface area contributed by atoms with Crippen molar-refractivity contribution in [2.45, 2.75) is 19.8 Å². The number of rotatable bonds is 3. The summed E-state index contributed by atoms with van der Waals surface area (Å²) in [7, 11) is 0. The number of hydrogen-bond acceptors (Lipinski definition) is 1. The van der Waals surface area contributed by atoms with E-state index in [9.17, 15) is 4.39 Å². The molecule has 0 bridgehead atoms. The predicted octanol–water partition coefficient (Wildman–Crippen LogP) is 2.68. The van der Waals surface area contributed by atoms with Crippen LogP contribution in [0.25, 0.3) is 0 Å². The van der Waals surface area contributed by atoms with Crippen LogP contribution in [-0.4, -0.2) is 6.54 Å². The minimum Gasteiger partial charge on any atom is -0.330 e. The van der Waals surface area contributed by atoms with Crippen LogP contribution in [0.3, 0.4) is 0 Å². The first-order valence-corrected chi connectivity index (χ1v) is 4.67. The Morgan fingerprint density at radius 2 is 2.15 bits per heavy atom. The Balaban J connectivity index is 2.88. The Morgan fingerprint density at radius 1 is 1.46 bits per heavy atom. The van der Waals surface area contributed by atoms with Gasteiger partial charge < -0.3 is 5.73 Å². The van der Waals surface area contributed by atoms with Crippen molar-refractivity contribution < 1.29 is 4.39 Å². The van der Waals surface area contributed by atoms with Crippen molar-refractivity contribution in [3.8, 4) is 0 Å². The topological polar surface area (TPSA) is 26.0 Å². The van der Waals surface area contributed by atoms with Crippen molar-refractivity contribution in [2.24, 2.45) is 5.73 Å². The van der Waals surface area contributed by atoms with Gasteiger partial charge in [0.05, 0.1) is 0 Å². The molecule has 0 aliphatic rings. The van der Waals surface area contributed by atoms with Crippen molar-refractivity contribution in [3.63, 3.8) is 0 Å². The van der Waals surface area contributed by atoms with Gasteiger partial charge in [0.15, 0.2) is 0 Å². The van der Waals surface area contributed by atoms with Crippen LogP contribution in [0.2, 0.25) is 5.02 Å². The summed E-state index contributed by atoms with van der Waals surface area (Å²) in [5.41, 5.74) is 6.77. The molecule has 2 N–H and O–H groups in total. The Labute approximate surface area is 82.7 Å². The summed E-state index contributed by atoms with van der Waals surface area (Å²) in [4.78, 5) is 0. The van der Waals surface area contributed by atoms with Gasteiger partial charge in [-0.05, 0) is 49.6 Å². The molecule has 0 unspecified atom stereocenters. The second-order valence-corrected chi connectivity index (χ2v) is 3.49. The highest BCUT2D eigenvalue weighted by molar-refractivity contribution is 6.31. The lowest BCUT2D eigenvalue weighted by Gasteiger charge is -2.05. The predicted molar refractivity (Wildman–Crippen MR) is 53.5 cm³/mol. The van der Waals surface area contributed by atoms with Gasteiger partial charge in [0.1, 0.15) is 5.82 Å². The zero-order chi connectivity index (χ0) is 9.84. The van der Waals surface area contributed by atoms with E-state index >= 15 is 0 Å². The molecular formula is C10H13ClFN. The molecule has 0 heterocycles. The molecule has 72 valence electrons. The molecule has 0 aromatic heterocycles. The van der Waals surface area contributed by atoms with Gasteiger partial charge in [0.25, 0.3) is 0 Å². The van der Waals surface area contributed by atoms with Gasteiger partial charge in [-0.2, -0.15) is 0 Å². The molecule has 0 aliphatic carbocycles. The third-order valence-corrected chi connectivity index (χ3v) is 2.39. The van der Waals surface area contributed by atoms with E-state index in [0.29, 0.717) is 23.6 Å². The molecular weight excluding hydrogens is 189 g/mol. The van der Waals surface area contributed by atoms with Crippen molar-refractivity contribution in [1.82, 2.24) is 0 Å². The molecule has 0 fully saturated rings. The Kier molecular flexibility index (Phi) is 3.70. The molecule has 13 heavy (non-hydrogen) atoms. The summed E-state index contributed by atoms with van der Waals surface area (Å²) >= 11 is 5.87. The van der Waals surface area contributed by atoms with E-state index < -0.39 is 0 Å². The van der Waals surface area contributed by atoms with E-state index in [2.05, 4.69) is 0 Å². The standard InChI is InChI=1S/C10H13ClFN/c1-7-5-10(12)8(3-2-4-13)6-9(7)11/h5-6H,2-4,13H2,1H3. The SMILES string of the molecule is Cc1cc(F)c(CCCN)cc1Cl. The summed E-state index contributed by atoms with van der Waals surface area (Å²) < 4.78 is 13.3. The fourth-order valence-corrected chi connectivity index (χ4v) is 1.36. The highest BCUT2D eigenvalue weighted by Crippen LogP contribution is 2.20. The maximum Gasteiger partial charge on any atom is 0.126 e. The molecule has 1 aromatic carbocycles. The van der Waals surface area contributed by atoms with Crippen molar-refractivity contribution in [1.29, 1.82) is 0 Å².